The van der Waals surface area contributed by atoms with E-state index in [4.69, 9.17) is 0 Å². The van der Waals surface area contributed by atoms with Crippen molar-refractivity contribution in [2.24, 2.45) is 0 Å². The molecular weight excluding hydrogens is 236 g/mol. The van der Waals surface area contributed by atoms with Crippen molar-refractivity contribution in [3.63, 3.8) is 0 Å². The first-order valence-corrected chi connectivity index (χ1v) is 6.51. The van der Waals surface area contributed by atoms with E-state index in [-0.39, 0.29) is 6.04 Å². The lowest BCUT2D eigenvalue weighted by atomic mass is 9.95. The fourth-order valence-electron chi connectivity index (χ4n) is 2.00. The van der Waals surface area contributed by atoms with Gasteiger partial charge in [0.1, 0.15) is 0 Å². The molecule has 0 saturated heterocycles. The second kappa shape index (κ2) is 5.95. The number of pyridine rings is 1. The monoisotopic (exact) mass is 256 g/mol. The molecule has 0 fully saturated rings. The van der Waals surface area contributed by atoms with Crippen LogP contribution in [0, 0.1) is 0 Å². The number of nitrogens with zero attached hydrogens (tertiary/aromatic N) is 1. The van der Waals surface area contributed by atoms with E-state index in [1.54, 1.807) is 6.20 Å². The molecule has 1 aromatic heterocycles. The third-order valence-corrected chi connectivity index (χ3v) is 3.33. The maximum atomic E-state index is 10.5. The van der Waals surface area contributed by atoms with Gasteiger partial charge in [-0.25, -0.2) is 0 Å². The number of hydrogen-bond donors (Lipinski definition) is 2. The Balaban J connectivity index is 1.99. The highest BCUT2D eigenvalue weighted by molar-refractivity contribution is 5.22. The topological polar surface area (TPSA) is 45.1 Å². The quantitative estimate of drug-likeness (QED) is 0.864. The molecular formula is C16H20N2O. The largest absolute Gasteiger partial charge is 0.384 e. The standard InChI is InChI=1S/C16H20N2O/c1-13(14-7-6-10-17-11-14)18-12-16(2,19)15-8-4-3-5-9-15/h3-11,13,18-19H,12H2,1-2H3. The summed E-state index contributed by atoms with van der Waals surface area (Å²) in [5.41, 5.74) is 1.16. The van der Waals surface area contributed by atoms with Gasteiger partial charge in [-0.1, -0.05) is 36.4 Å². The maximum Gasteiger partial charge on any atom is 0.0992 e. The summed E-state index contributed by atoms with van der Waals surface area (Å²) in [5.74, 6) is 0. The van der Waals surface area contributed by atoms with Crippen LogP contribution in [0.5, 0.6) is 0 Å². The Morgan fingerprint density at radius 1 is 1.21 bits per heavy atom. The third kappa shape index (κ3) is 3.63. The van der Waals surface area contributed by atoms with E-state index in [9.17, 15) is 5.11 Å². The first-order valence-electron chi connectivity index (χ1n) is 6.51. The zero-order valence-corrected chi connectivity index (χ0v) is 11.4. The molecule has 19 heavy (non-hydrogen) atoms. The third-order valence-electron chi connectivity index (χ3n) is 3.33. The molecule has 2 rings (SSSR count). The minimum absolute atomic E-state index is 0.156. The van der Waals surface area contributed by atoms with Gasteiger partial charge in [0.25, 0.3) is 0 Å². The van der Waals surface area contributed by atoms with Crippen molar-refractivity contribution in [3.8, 4) is 0 Å². The van der Waals surface area contributed by atoms with Gasteiger partial charge in [-0.05, 0) is 31.0 Å². The summed E-state index contributed by atoms with van der Waals surface area (Å²) in [5, 5.41) is 13.9. The number of benzene rings is 1. The summed E-state index contributed by atoms with van der Waals surface area (Å²) < 4.78 is 0. The lowest BCUT2D eigenvalue weighted by molar-refractivity contribution is 0.0543. The van der Waals surface area contributed by atoms with E-state index >= 15 is 0 Å². The summed E-state index contributed by atoms with van der Waals surface area (Å²) >= 11 is 0. The van der Waals surface area contributed by atoms with Gasteiger partial charge in [-0.2, -0.15) is 0 Å². The first kappa shape index (κ1) is 13.7. The van der Waals surface area contributed by atoms with Crippen molar-refractivity contribution in [2.75, 3.05) is 6.54 Å². The molecule has 0 aliphatic heterocycles. The first-order chi connectivity index (χ1) is 9.09. The van der Waals surface area contributed by atoms with Crippen LogP contribution >= 0.6 is 0 Å². The predicted octanol–water partition coefficient (Wildman–Crippen LogP) is 2.64. The lowest BCUT2D eigenvalue weighted by Gasteiger charge is -2.26. The van der Waals surface area contributed by atoms with Crippen LogP contribution in [0.15, 0.2) is 54.9 Å². The Morgan fingerprint density at radius 3 is 2.58 bits per heavy atom. The minimum atomic E-state index is -0.877. The molecule has 100 valence electrons. The molecule has 1 heterocycles. The van der Waals surface area contributed by atoms with Crippen LogP contribution in [-0.2, 0) is 5.60 Å². The van der Waals surface area contributed by atoms with Gasteiger partial charge >= 0.3 is 0 Å². The van der Waals surface area contributed by atoms with Crippen LogP contribution < -0.4 is 5.32 Å². The van der Waals surface area contributed by atoms with E-state index in [1.807, 2.05) is 55.6 Å². The van der Waals surface area contributed by atoms with Gasteiger partial charge in [0.05, 0.1) is 5.60 Å². The molecule has 3 heteroatoms. The molecule has 0 amide bonds. The molecule has 0 bridgehead atoms. The fraction of sp³-hybridized carbons (Fsp3) is 0.312. The Hall–Kier alpha value is -1.71. The van der Waals surface area contributed by atoms with E-state index in [1.165, 1.54) is 0 Å². The van der Waals surface area contributed by atoms with Gasteiger partial charge in [-0.15, -0.1) is 0 Å². The molecule has 1 aromatic carbocycles. The van der Waals surface area contributed by atoms with E-state index in [0.29, 0.717) is 6.54 Å². The van der Waals surface area contributed by atoms with Gasteiger partial charge in [0.2, 0.25) is 0 Å². The summed E-state index contributed by atoms with van der Waals surface area (Å²) in [6, 6.07) is 13.8. The average molecular weight is 256 g/mol. The number of nitrogens with one attached hydrogen (secondary N) is 1. The molecule has 0 saturated carbocycles. The molecule has 0 aliphatic carbocycles. The summed E-state index contributed by atoms with van der Waals surface area (Å²) in [6.07, 6.45) is 3.60. The minimum Gasteiger partial charge on any atom is -0.384 e. The van der Waals surface area contributed by atoms with Crippen molar-refractivity contribution in [3.05, 3.63) is 66.0 Å². The number of aliphatic hydroxyl groups is 1. The van der Waals surface area contributed by atoms with Gasteiger partial charge in [-0.3, -0.25) is 4.98 Å². The van der Waals surface area contributed by atoms with E-state index in [2.05, 4.69) is 17.2 Å². The van der Waals surface area contributed by atoms with Crippen LogP contribution in [0.4, 0.5) is 0 Å². The lowest BCUT2D eigenvalue weighted by Crippen LogP contribution is -2.36. The molecule has 0 radical (unpaired) electrons. The molecule has 3 nitrogen and oxygen atoms in total. The second-order valence-electron chi connectivity index (χ2n) is 5.03. The van der Waals surface area contributed by atoms with Crippen molar-refractivity contribution < 1.29 is 5.11 Å². The van der Waals surface area contributed by atoms with Crippen molar-refractivity contribution in [1.82, 2.24) is 10.3 Å². The number of aromatic nitrogens is 1. The maximum absolute atomic E-state index is 10.5. The Kier molecular flexibility index (Phi) is 4.30. The molecule has 2 unspecified atom stereocenters. The van der Waals surface area contributed by atoms with Crippen molar-refractivity contribution >= 4 is 0 Å². The average Bonchev–Trinajstić information content (AvgIpc) is 2.47. The molecule has 2 aromatic rings. The van der Waals surface area contributed by atoms with Gasteiger partial charge in [0, 0.05) is 25.0 Å². The molecule has 2 N–H and O–H groups in total. The zero-order valence-electron chi connectivity index (χ0n) is 11.4. The number of rotatable bonds is 5. The van der Waals surface area contributed by atoms with Crippen LogP contribution in [-0.4, -0.2) is 16.6 Å². The summed E-state index contributed by atoms with van der Waals surface area (Å²) in [4.78, 5) is 4.11. The highest BCUT2D eigenvalue weighted by atomic mass is 16.3. The van der Waals surface area contributed by atoms with E-state index < -0.39 is 5.60 Å². The predicted molar refractivity (Wildman–Crippen MR) is 76.7 cm³/mol. The van der Waals surface area contributed by atoms with E-state index in [0.717, 1.165) is 11.1 Å². The second-order valence-corrected chi connectivity index (χ2v) is 5.03. The smallest absolute Gasteiger partial charge is 0.0992 e. The number of hydrogen-bond acceptors (Lipinski definition) is 3. The van der Waals surface area contributed by atoms with Crippen LogP contribution in [0.1, 0.15) is 31.0 Å². The zero-order chi connectivity index (χ0) is 13.7. The summed E-state index contributed by atoms with van der Waals surface area (Å²) in [6.45, 7) is 4.39. The Labute approximate surface area is 114 Å². The van der Waals surface area contributed by atoms with Crippen LogP contribution in [0.3, 0.4) is 0 Å². The van der Waals surface area contributed by atoms with Crippen molar-refractivity contribution in [2.45, 2.75) is 25.5 Å². The molecule has 0 aliphatic rings. The normalized spacial score (nSPS) is 15.7. The molecule has 0 spiro atoms. The Bertz CT molecular complexity index is 497. The van der Waals surface area contributed by atoms with Crippen LogP contribution in [0.2, 0.25) is 0 Å². The summed E-state index contributed by atoms with van der Waals surface area (Å²) in [7, 11) is 0. The van der Waals surface area contributed by atoms with Gasteiger partial charge in [0.15, 0.2) is 0 Å². The van der Waals surface area contributed by atoms with Crippen molar-refractivity contribution in [1.29, 1.82) is 0 Å². The highest BCUT2D eigenvalue weighted by Crippen LogP contribution is 2.20. The van der Waals surface area contributed by atoms with Gasteiger partial charge < -0.3 is 10.4 Å². The highest BCUT2D eigenvalue weighted by Gasteiger charge is 2.23. The van der Waals surface area contributed by atoms with Crippen LogP contribution in [0.25, 0.3) is 0 Å². The SMILES string of the molecule is CC(NCC(C)(O)c1ccccc1)c1cccnc1. The fourth-order valence-corrected chi connectivity index (χ4v) is 2.00. The Morgan fingerprint density at radius 2 is 1.95 bits per heavy atom. The molecule has 2 atom stereocenters.